The minimum Gasteiger partial charge on any atom is -0.315 e. The molecule has 1 aromatic rings. The van der Waals surface area contributed by atoms with E-state index in [1.54, 1.807) is 4.57 Å². The summed E-state index contributed by atoms with van der Waals surface area (Å²) in [5, 5.41) is 3.09. The average Bonchev–Trinajstić information content (AvgIpc) is 2.10. The number of aromatic nitrogens is 2. The van der Waals surface area contributed by atoms with E-state index in [2.05, 4.69) is 10.3 Å². The SMILES string of the molecule is CNC(C)Cn1c(C)cc(C)nc1=O. The van der Waals surface area contributed by atoms with Gasteiger partial charge >= 0.3 is 5.69 Å². The molecule has 0 aliphatic heterocycles. The molecule has 1 heterocycles. The summed E-state index contributed by atoms with van der Waals surface area (Å²) in [5.74, 6) is 0. The van der Waals surface area contributed by atoms with Crippen LogP contribution in [-0.4, -0.2) is 22.6 Å². The van der Waals surface area contributed by atoms with Crippen LogP contribution in [-0.2, 0) is 6.54 Å². The standard InChI is InChI=1S/C10H17N3O/c1-7-5-9(3)13(10(14)12-7)6-8(2)11-4/h5,8,11H,6H2,1-4H3. The van der Waals surface area contributed by atoms with Crippen LogP contribution in [0.3, 0.4) is 0 Å². The lowest BCUT2D eigenvalue weighted by Crippen LogP contribution is -2.34. The molecule has 1 rings (SSSR count). The van der Waals surface area contributed by atoms with Crippen LogP contribution >= 0.6 is 0 Å². The molecule has 0 aliphatic carbocycles. The van der Waals surface area contributed by atoms with Gasteiger partial charge in [0.1, 0.15) is 0 Å². The maximum absolute atomic E-state index is 11.5. The molecule has 0 bridgehead atoms. The Morgan fingerprint density at radius 2 is 2.21 bits per heavy atom. The van der Waals surface area contributed by atoms with E-state index in [-0.39, 0.29) is 11.7 Å². The predicted molar refractivity (Wildman–Crippen MR) is 56.5 cm³/mol. The summed E-state index contributed by atoms with van der Waals surface area (Å²) >= 11 is 0. The first kappa shape index (κ1) is 10.9. The first-order chi connectivity index (χ1) is 6.54. The molecule has 1 atom stereocenters. The smallest absolute Gasteiger partial charge is 0.315 e. The van der Waals surface area contributed by atoms with Gasteiger partial charge < -0.3 is 5.32 Å². The van der Waals surface area contributed by atoms with Crippen LogP contribution in [0, 0.1) is 13.8 Å². The molecule has 0 aliphatic rings. The van der Waals surface area contributed by atoms with Crippen LogP contribution in [0.25, 0.3) is 0 Å². The Labute approximate surface area is 84.0 Å². The number of rotatable bonds is 3. The number of nitrogens with one attached hydrogen (secondary N) is 1. The molecule has 1 unspecified atom stereocenters. The molecule has 0 amide bonds. The first-order valence-corrected chi connectivity index (χ1v) is 4.77. The van der Waals surface area contributed by atoms with Gasteiger partial charge in [0.05, 0.1) is 0 Å². The summed E-state index contributed by atoms with van der Waals surface area (Å²) in [5.41, 5.74) is 1.58. The highest BCUT2D eigenvalue weighted by atomic mass is 16.1. The van der Waals surface area contributed by atoms with Gasteiger partial charge in [-0.2, -0.15) is 4.98 Å². The molecule has 4 nitrogen and oxygen atoms in total. The highest BCUT2D eigenvalue weighted by Crippen LogP contribution is 1.97. The van der Waals surface area contributed by atoms with Crippen molar-refractivity contribution in [1.29, 1.82) is 0 Å². The van der Waals surface area contributed by atoms with E-state index in [4.69, 9.17) is 0 Å². The summed E-state index contributed by atoms with van der Waals surface area (Å²) in [6.45, 7) is 6.46. The molecule has 1 N–H and O–H groups in total. The number of hydrogen-bond acceptors (Lipinski definition) is 3. The van der Waals surface area contributed by atoms with Crippen molar-refractivity contribution in [3.63, 3.8) is 0 Å². The Morgan fingerprint density at radius 1 is 1.57 bits per heavy atom. The molecule has 1 aromatic heterocycles. The Kier molecular flexibility index (Phi) is 3.41. The second kappa shape index (κ2) is 4.37. The third-order valence-corrected chi connectivity index (χ3v) is 2.30. The van der Waals surface area contributed by atoms with Crippen molar-refractivity contribution in [2.45, 2.75) is 33.4 Å². The Bertz CT molecular complexity index is 370. The first-order valence-electron chi connectivity index (χ1n) is 4.77. The Hall–Kier alpha value is -1.16. The van der Waals surface area contributed by atoms with Crippen molar-refractivity contribution < 1.29 is 0 Å². The highest BCUT2D eigenvalue weighted by Gasteiger charge is 2.05. The molecule has 4 heteroatoms. The van der Waals surface area contributed by atoms with Crippen molar-refractivity contribution in [2.75, 3.05) is 7.05 Å². The van der Waals surface area contributed by atoms with Crippen molar-refractivity contribution >= 4 is 0 Å². The number of nitrogens with zero attached hydrogens (tertiary/aromatic N) is 2. The second-order valence-corrected chi connectivity index (χ2v) is 3.62. The van der Waals surface area contributed by atoms with Gasteiger partial charge in [0.25, 0.3) is 0 Å². The van der Waals surface area contributed by atoms with E-state index in [9.17, 15) is 4.79 Å². The average molecular weight is 195 g/mol. The van der Waals surface area contributed by atoms with E-state index in [0.717, 1.165) is 11.4 Å². The zero-order valence-corrected chi connectivity index (χ0v) is 9.16. The summed E-state index contributed by atoms with van der Waals surface area (Å²) in [7, 11) is 1.88. The van der Waals surface area contributed by atoms with Crippen LogP contribution < -0.4 is 11.0 Å². The van der Waals surface area contributed by atoms with Gasteiger partial charge in [-0.25, -0.2) is 4.79 Å². The van der Waals surface area contributed by atoms with Gasteiger partial charge in [0.15, 0.2) is 0 Å². The molecule has 0 saturated carbocycles. The summed E-state index contributed by atoms with van der Waals surface area (Å²) in [6, 6.07) is 2.19. The van der Waals surface area contributed by atoms with E-state index < -0.39 is 0 Å². The largest absolute Gasteiger partial charge is 0.348 e. The summed E-state index contributed by atoms with van der Waals surface area (Å²) in [4.78, 5) is 15.4. The second-order valence-electron chi connectivity index (χ2n) is 3.62. The lowest BCUT2D eigenvalue weighted by molar-refractivity contribution is 0.490. The van der Waals surface area contributed by atoms with Crippen molar-refractivity contribution in [1.82, 2.24) is 14.9 Å². The summed E-state index contributed by atoms with van der Waals surface area (Å²) in [6.07, 6.45) is 0. The molecule has 0 saturated heterocycles. The number of aryl methyl sites for hydroxylation is 2. The van der Waals surface area contributed by atoms with Crippen LogP contribution in [0.15, 0.2) is 10.9 Å². The highest BCUT2D eigenvalue weighted by molar-refractivity contribution is 5.06. The quantitative estimate of drug-likeness (QED) is 0.762. The van der Waals surface area contributed by atoms with E-state index in [1.165, 1.54) is 0 Å². The zero-order chi connectivity index (χ0) is 10.7. The third kappa shape index (κ3) is 2.42. The Morgan fingerprint density at radius 3 is 2.71 bits per heavy atom. The fourth-order valence-corrected chi connectivity index (χ4v) is 1.36. The van der Waals surface area contributed by atoms with Gasteiger partial charge in [0.2, 0.25) is 0 Å². The van der Waals surface area contributed by atoms with Gasteiger partial charge in [-0.3, -0.25) is 4.57 Å². The molecule has 0 spiro atoms. The van der Waals surface area contributed by atoms with E-state index in [1.807, 2.05) is 33.9 Å². The van der Waals surface area contributed by atoms with Gasteiger partial charge in [-0.1, -0.05) is 0 Å². The topological polar surface area (TPSA) is 46.9 Å². The van der Waals surface area contributed by atoms with E-state index >= 15 is 0 Å². The molecular formula is C10H17N3O. The monoisotopic (exact) mass is 195 g/mol. The number of likely N-dealkylation sites (N-methyl/N-ethyl adjacent to an activating group) is 1. The third-order valence-electron chi connectivity index (χ3n) is 2.30. The van der Waals surface area contributed by atoms with Crippen LogP contribution in [0.4, 0.5) is 0 Å². The van der Waals surface area contributed by atoms with Crippen molar-refractivity contribution in [3.05, 3.63) is 27.9 Å². The lowest BCUT2D eigenvalue weighted by atomic mass is 10.3. The molecule has 0 radical (unpaired) electrons. The molecule has 78 valence electrons. The van der Waals surface area contributed by atoms with Gasteiger partial charge in [-0.15, -0.1) is 0 Å². The normalized spacial score (nSPS) is 12.9. The minimum absolute atomic E-state index is 0.162. The lowest BCUT2D eigenvalue weighted by Gasteiger charge is -2.14. The zero-order valence-electron chi connectivity index (χ0n) is 9.16. The maximum Gasteiger partial charge on any atom is 0.348 e. The molecular weight excluding hydrogens is 178 g/mol. The van der Waals surface area contributed by atoms with Crippen LogP contribution in [0.2, 0.25) is 0 Å². The van der Waals surface area contributed by atoms with Gasteiger partial charge in [-0.05, 0) is 33.9 Å². The van der Waals surface area contributed by atoms with Crippen molar-refractivity contribution in [2.24, 2.45) is 0 Å². The Balaban J connectivity index is 3.03. The fraction of sp³-hybridized carbons (Fsp3) is 0.600. The predicted octanol–water partition coefficient (Wildman–Crippen LogP) is 0.468. The van der Waals surface area contributed by atoms with Gasteiger partial charge in [0, 0.05) is 24.0 Å². The molecule has 0 aromatic carbocycles. The van der Waals surface area contributed by atoms with E-state index in [0.29, 0.717) is 6.54 Å². The summed E-state index contributed by atoms with van der Waals surface area (Å²) < 4.78 is 1.69. The molecule has 14 heavy (non-hydrogen) atoms. The van der Waals surface area contributed by atoms with Crippen LogP contribution in [0.5, 0.6) is 0 Å². The minimum atomic E-state index is -0.162. The number of hydrogen-bond donors (Lipinski definition) is 1. The van der Waals surface area contributed by atoms with Crippen LogP contribution in [0.1, 0.15) is 18.3 Å². The molecule has 0 fully saturated rings. The fourth-order valence-electron chi connectivity index (χ4n) is 1.36. The van der Waals surface area contributed by atoms with Crippen molar-refractivity contribution in [3.8, 4) is 0 Å². The maximum atomic E-state index is 11.5.